The van der Waals surface area contributed by atoms with Gasteiger partial charge in [0, 0.05) is 47.3 Å². The fourth-order valence-corrected chi connectivity index (χ4v) is 2.70. The van der Waals surface area contributed by atoms with E-state index < -0.39 is 0 Å². The normalized spacial score (nSPS) is 10.7. The van der Waals surface area contributed by atoms with Crippen LogP contribution in [-0.4, -0.2) is 15.5 Å². The SMILES string of the molecule is CCn1c(C)cc(=O)c2cc(C(=O)Nc3ccncc3)ccc21. The lowest BCUT2D eigenvalue weighted by Gasteiger charge is -2.13. The molecule has 0 spiro atoms. The van der Waals surface area contributed by atoms with Crippen LogP contribution in [0.3, 0.4) is 0 Å². The molecule has 0 saturated heterocycles. The molecular formula is C18H17N3O2. The van der Waals surface area contributed by atoms with Gasteiger partial charge in [-0.3, -0.25) is 14.6 Å². The minimum Gasteiger partial charge on any atom is -0.345 e. The summed E-state index contributed by atoms with van der Waals surface area (Å²) in [6.45, 7) is 4.71. The van der Waals surface area contributed by atoms with E-state index in [4.69, 9.17) is 0 Å². The monoisotopic (exact) mass is 307 g/mol. The van der Waals surface area contributed by atoms with Crippen LogP contribution in [0.1, 0.15) is 23.0 Å². The Labute approximate surface area is 133 Å². The van der Waals surface area contributed by atoms with Crippen LogP contribution in [0.25, 0.3) is 10.9 Å². The Morgan fingerprint density at radius 1 is 1.17 bits per heavy atom. The van der Waals surface area contributed by atoms with Gasteiger partial charge in [-0.05, 0) is 44.2 Å². The van der Waals surface area contributed by atoms with E-state index in [9.17, 15) is 9.59 Å². The Kier molecular flexibility index (Phi) is 3.93. The van der Waals surface area contributed by atoms with E-state index in [1.165, 1.54) is 0 Å². The molecule has 23 heavy (non-hydrogen) atoms. The van der Waals surface area contributed by atoms with Gasteiger partial charge in [-0.15, -0.1) is 0 Å². The molecule has 5 nitrogen and oxygen atoms in total. The molecule has 2 heterocycles. The number of carbonyl (C=O) groups excluding carboxylic acids is 1. The number of carbonyl (C=O) groups is 1. The predicted molar refractivity (Wildman–Crippen MR) is 90.8 cm³/mol. The molecule has 0 fully saturated rings. The van der Waals surface area contributed by atoms with E-state index in [1.54, 1.807) is 42.7 Å². The zero-order valence-electron chi connectivity index (χ0n) is 13.0. The zero-order chi connectivity index (χ0) is 16.4. The second-order valence-electron chi connectivity index (χ2n) is 5.32. The van der Waals surface area contributed by atoms with E-state index >= 15 is 0 Å². The summed E-state index contributed by atoms with van der Waals surface area (Å²) in [5.41, 5.74) is 2.82. The van der Waals surface area contributed by atoms with Crippen LogP contribution in [0.15, 0.2) is 53.6 Å². The number of anilines is 1. The number of amides is 1. The molecule has 0 saturated carbocycles. The highest BCUT2D eigenvalue weighted by atomic mass is 16.1. The molecule has 3 rings (SSSR count). The van der Waals surface area contributed by atoms with Gasteiger partial charge < -0.3 is 9.88 Å². The second-order valence-corrected chi connectivity index (χ2v) is 5.32. The first-order valence-electron chi connectivity index (χ1n) is 7.45. The molecule has 3 aromatic rings. The number of pyridine rings is 2. The molecule has 0 unspecified atom stereocenters. The molecule has 0 aliphatic heterocycles. The van der Waals surface area contributed by atoms with Crippen molar-refractivity contribution in [1.82, 2.24) is 9.55 Å². The number of aromatic nitrogens is 2. The van der Waals surface area contributed by atoms with Crippen LogP contribution in [0, 0.1) is 6.92 Å². The molecule has 0 atom stereocenters. The fourth-order valence-electron chi connectivity index (χ4n) is 2.70. The highest BCUT2D eigenvalue weighted by Gasteiger charge is 2.11. The maximum Gasteiger partial charge on any atom is 0.255 e. The molecule has 5 heteroatoms. The van der Waals surface area contributed by atoms with E-state index in [-0.39, 0.29) is 11.3 Å². The quantitative estimate of drug-likeness (QED) is 0.809. The van der Waals surface area contributed by atoms with Crippen molar-refractivity contribution >= 4 is 22.5 Å². The number of nitrogens with zero attached hydrogens (tertiary/aromatic N) is 2. The average Bonchev–Trinajstić information content (AvgIpc) is 2.56. The van der Waals surface area contributed by atoms with Gasteiger partial charge in [-0.25, -0.2) is 0 Å². The summed E-state index contributed by atoms with van der Waals surface area (Å²) in [7, 11) is 0. The molecular weight excluding hydrogens is 290 g/mol. The highest BCUT2D eigenvalue weighted by molar-refractivity contribution is 6.06. The molecule has 2 aromatic heterocycles. The predicted octanol–water partition coefficient (Wildman–Crippen LogP) is 2.98. The highest BCUT2D eigenvalue weighted by Crippen LogP contribution is 2.16. The number of benzene rings is 1. The molecule has 0 bridgehead atoms. The van der Waals surface area contributed by atoms with Crippen molar-refractivity contribution in [1.29, 1.82) is 0 Å². The fraction of sp³-hybridized carbons (Fsp3) is 0.167. The molecule has 0 aliphatic carbocycles. The summed E-state index contributed by atoms with van der Waals surface area (Å²) in [6, 6.07) is 10.3. The lowest BCUT2D eigenvalue weighted by atomic mass is 10.1. The lowest BCUT2D eigenvalue weighted by molar-refractivity contribution is 0.102. The molecule has 1 aromatic carbocycles. The maximum absolute atomic E-state index is 12.4. The van der Waals surface area contributed by atoms with Gasteiger partial charge in [-0.2, -0.15) is 0 Å². The van der Waals surface area contributed by atoms with Crippen LogP contribution in [-0.2, 0) is 6.54 Å². The third kappa shape index (κ3) is 2.85. The Morgan fingerprint density at radius 3 is 2.61 bits per heavy atom. The summed E-state index contributed by atoms with van der Waals surface area (Å²) < 4.78 is 2.06. The van der Waals surface area contributed by atoms with Crippen LogP contribution in [0.2, 0.25) is 0 Å². The van der Waals surface area contributed by atoms with Crippen molar-refractivity contribution in [2.45, 2.75) is 20.4 Å². The Hall–Kier alpha value is -2.95. The first-order valence-corrected chi connectivity index (χ1v) is 7.45. The number of fused-ring (bicyclic) bond motifs is 1. The average molecular weight is 307 g/mol. The van der Waals surface area contributed by atoms with Gasteiger partial charge in [0.25, 0.3) is 5.91 Å². The Bertz CT molecular complexity index is 930. The van der Waals surface area contributed by atoms with Crippen molar-refractivity contribution in [2.24, 2.45) is 0 Å². The first kappa shape index (κ1) is 15.0. The van der Waals surface area contributed by atoms with Crippen molar-refractivity contribution in [2.75, 3.05) is 5.32 Å². The van der Waals surface area contributed by atoms with E-state index in [2.05, 4.69) is 14.9 Å². The molecule has 0 aliphatic rings. The Morgan fingerprint density at radius 2 is 1.91 bits per heavy atom. The standard InChI is InChI=1S/C18H17N3O2/c1-3-21-12(2)10-17(22)15-11-13(4-5-16(15)21)18(23)20-14-6-8-19-9-7-14/h4-11H,3H2,1-2H3,(H,19,20,23). The third-order valence-electron chi connectivity index (χ3n) is 3.84. The molecule has 1 amide bonds. The maximum atomic E-state index is 12.4. The Balaban J connectivity index is 2.03. The summed E-state index contributed by atoms with van der Waals surface area (Å²) in [5.74, 6) is -0.249. The molecule has 116 valence electrons. The van der Waals surface area contributed by atoms with Gasteiger partial charge in [0.2, 0.25) is 0 Å². The van der Waals surface area contributed by atoms with Gasteiger partial charge in [0.1, 0.15) is 0 Å². The second kappa shape index (κ2) is 6.04. The summed E-state index contributed by atoms with van der Waals surface area (Å²) in [6.07, 6.45) is 3.22. The van der Waals surface area contributed by atoms with Gasteiger partial charge >= 0.3 is 0 Å². The summed E-state index contributed by atoms with van der Waals surface area (Å²) >= 11 is 0. The van der Waals surface area contributed by atoms with Crippen molar-refractivity contribution in [3.05, 3.63) is 70.3 Å². The summed E-state index contributed by atoms with van der Waals surface area (Å²) in [5, 5.41) is 3.35. The third-order valence-corrected chi connectivity index (χ3v) is 3.84. The van der Waals surface area contributed by atoms with Gasteiger partial charge in [-0.1, -0.05) is 0 Å². The number of hydrogen-bond donors (Lipinski definition) is 1. The topological polar surface area (TPSA) is 64.0 Å². The smallest absolute Gasteiger partial charge is 0.255 e. The van der Waals surface area contributed by atoms with Gasteiger partial charge in [0.15, 0.2) is 5.43 Å². The number of nitrogens with one attached hydrogen (secondary N) is 1. The van der Waals surface area contributed by atoms with Crippen LogP contribution >= 0.6 is 0 Å². The van der Waals surface area contributed by atoms with E-state index in [1.807, 2.05) is 19.9 Å². The number of hydrogen-bond acceptors (Lipinski definition) is 3. The van der Waals surface area contributed by atoms with Crippen molar-refractivity contribution in [3.8, 4) is 0 Å². The number of rotatable bonds is 3. The van der Waals surface area contributed by atoms with Crippen LogP contribution < -0.4 is 10.7 Å². The largest absolute Gasteiger partial charge is 0.345 e. The van der Waals surface area contributed by atoms with Crippen molar-refractivity contribution < 1.29 is 4.79 Å². The first-order chi connectivity index (χ1) is 11.1. The minimum absolute atomic E-state index is 0.0687. The van der Waals surface area contributed by atoms with Gasteiger partial charge in [0.05, 0.1) is 5.52 Å². The minimum atomic E-state index is -0.249. The lowest BCUT2D eigenvalue weighted by Crippen LogP contribution is -2.15. The van der Waals surface area contributed by atoms with Crippen LogP contribution in [0.4, 0.5) is 5.69 Å². The molecule has 0 radical (unpaired) electrons. The van der Waals surface area contributed by atoms with E-state index in [0.29, 0.717) is 16.6 Å². The van der Waals surface area contributed by atoms with E-state index in [0.717, 1.165) is 17.8 Å². The summed E-state index contributed by atoms with van der Waals surface area (Å²) in [4.78, 5) is 28.5. The van der Waals surface area contributed by atoms with Crippen molar-refractivity contribution in [3.63, 3.8) is 0 Å². The van der Waals surface area contributed by atoms with Crippen LogP contribution in [0.5, 0.6) is 0 Å². The number of aryl methyl sites for hydroxylation is 2. The zero-order valence-corrected chi connectivity index (χ0v) is 13.0. The molecule has 1 N–H and O–H groups in total.